The number of halogens is 1. The number of aryl methyl sites for hydroxylation is 1. The van der Waals surface area contributed by atoms with Gasteiger partial charge in [0.05, 0.1) is 17.1 Å². The molecule has 2 aromatic rings. The van der Waals surface area contributed by atoms with Crippen molar-refractivity contribution in [3.05, 3.63) is 44.7 Å². The van der Waals surface area contributed by atoms with E-state index in [1.807, 2.05) is 18.4 Å². The molecular formula is C15H18ClN3OS. The van der Waals surface area contributed by atoms with Crippen LogP contribution in [0.2, 0.25) is 5.02 Å². The van der Waals surface area contributed by atoms with Crippen LogP contribution >= 0.6 is 22.9 Å². The van der Waals surface area contributed by atoms with Gasteiger partial charge in [-0.15, -0.1) is 11.3 Å². The fourth-order valence-electron chi connectivity index (χ4n) is 1.80. The van der Waals surface area contributed by atoms with Crippen LogP contribution in [-0.4, -0.2) is 17.4 Å². The Labute approximate surface area is 133 Å². The summed E-state index contributed by atoms with van der Waals surface area (Å²) in [6.07, 6.45) is 2.49. The van der Waals surface area contributed by atoms with Crippen molar-refractivity contribution in [2.45, 2.75) is 26.8 Å². The highest BCUT2D eigenvalue weighted by Crippen LogP contribution is 2.19. The van der Waals surface area contributed by atoms with Crippen molar-refractivity contribution in [2.24, 2.45) is 0 Å². The van der Waals surface area contributed by atoms with Crippen molar-refractivity contribution >= 4 is 34.7 Å². The van der Waals surface area contributed by atoms with Gasteiger partial charge in [0.25, 0.3) is 5.91 Å². The third-order valence-corrected chi connectivity index (χ3v) is 4.36. The quantitative estimate of drug-likeness (QED) is 0.848. The van der Waals surface area contributed by atoms with Crippen molar-refractivity contribution in [1.29, 1.82) is 0 Å². The summed E-state index contributed by atoms with van der Waals surface area (Å²) in [5.41, 5.74) is 1.63. The Morgan fingerprint density at radius 1 is 1.48 bits per heavy atom. The first-order chi connectivity index (χ1) is 10.1. The van der Waals surface area contributed by atoms with Crippen LogP contribution < -0.4 is 10.6 Å². The van der Waals surface area contributed by atoms with E-state index in [-0.39, 0.29) is 5.91 Å². The largest absolute Gasteiger partial charge is 0.370 e. The summed E-state index contributed by atoms with van der Waals surface area (Å²) < 4.78 is 0. The third-order valence-electron chi connectivity index (χ3n) is 3.03. The Morgan fingerprint density at radius 2 is 2.29 bits per heavy atom. The lowest BCUT2D eigenvalue weighted by molar-refractivity contribution is 0.0951. The summed E-state index contributed by atoms with van der Waals surface area (Å²) in [7, 11) is 0. The van der Waals surface area contributed by atoms with Gasteiger partial charge >= 0.3 is 0 Å². The smallest absolute Gasteiger partial charge is 0.253 e. The molecule has 0 aliphatic carbocycles. The highest BCUT2D eigenvalue weighted by atomic mass is 35.5. The van der Waals surface area contributed by atoms with Crippen molar-refractivity contribution in [3.8, 4) is 0 Å². The summed E-state index contributed by atoms with van der Waals surface area (Å²) in [4.78, 5) is 17.6. The maximum absolute atomic E-state index is 12.3. The van der Waals surface area contributed by atoms with E-state index >= 15 is 0 Å². The van der Waals surface area contributed by atoms with Crippen LogP contribution in [0.3, 0.4) is 0 Å². The highest BCUT2D eigenvalue weighted by Gasteiger charge is 2.12. The number of hydrogen-bond donors (Lipinski definition) is 2. The zero-order valence-corrected chi connectivity index (χ0v) is 13.6. The molecule has 0 atom stereocenters. The minimum atomic E-state index is -0.185. The molecule has 2 rings (SSSR count). The molecule has 0 saturated heterocycles. The first kappa shape index (κ1) is 15.8. The second-order valence-electron chi connectivity index (χ2n) is 4.69. The van der Waals surface area contributed by atoms with Gasteiger partial charge in [-0.2, -0.15) is 0 Å². The number of amides is 1. The topological polar surface area (TPSA) is 54.0 Å². The number of thiophene rings is 1. The molecular weight excluding hydrogens is 306 g/mol. The van der Waals surface area contributed by atoms with Crippen LogP contribution in [0.4, 0.5) is 5.82 Å². The molecule has 6 heteroatoms. The van der Waals surface area contributed by atoms with Gasteiger partial charge in [-0.3, -0.25) is 4.79 Å². The lowest BCUT2D eigenvalue weighted by atomic mass is 10.2. The van der Waals surface area contributed by atoms with Crippen molar-refractivity contribution < 1.29 is 4.79 Å². The number of nitrogens with zero attached hydrogens (tertiary/aromatic N) is 1. The van der Waals surface area contributed by atoms with E-state index in [0.717, 1.165) is 17.8 Å². The summed E-state index contributed by atoms with van der Waals surface area (Å²) in [5.74, 6) is 0.480. The van der Waals surface area contributed by atoms with Gasteiger partial charge in [-0.25, -0.2) is 4.98 Å². The number of anilines is 1. The van der Waals surface area contributed by atoms with Crippen LogP contribution in [0.5, 0.6) is 0 Å². The van der Waals surface area contributed by atoms with Crippen LogP contribution in [0.25, 0.3) is 0 Å². The van der Waals surface area contributed by atoms with Crippen molar-refractivity contribution in [3.63, 3.8) is 0 Å². The van der Waals surface area contributed by atoms with Gasteiger partial charge in [-0.1, -0.05) is 18.5 Å². The SMILES string of the molecule is CCCNc1cc(C(=O)NCc2sccc2C)c(Cl)cn1. The zero-order chi connectivity index (χ0) is 15.2. The molecule has 2 heterocycles. The van der Waals surface area contributed by atoms with E-state index in [2.05, 4.69) is 22.5 Å². The van der Waals surface area contributed by atoms with E-state index < -0.39 is 0 Å². The third kappa shape index (κ3) is 4.19. The van der Waals surface area contributed by atoms with Crippen LogP contribution in [-0.2, 0) is 6.54 Å². The maximum atomic E-state index is 12.3. The molecule has 4 nitrogen and oxygen atoms in total. The second-order valence-corrected chi connectivity index (χ2v) is 6.09. The molecule has 2 N–H and O–H groups in total. The molecule has 21 heavy (non-hydrogen) atoms. The zero-order valence-electron chi connectivity index (χ0n) is 12.1. The number of nitrogens with one attached hydrogen (secondary N) is 2. The van der Waals surface area contributed by atoms with Gasteiger partial charge < -0.3 is 10.6 Å². The fourth-order valence-corrected chi connectivity index (χ4v) is 2.84. The monoisotopic (exact) mass is 323 g/mol. The Bertz CT molecular complexity index is 627. The predicted octanol–water partition coefficient (Wildman–Crippen LogP) is 3.86. The molecule has 2 aromatic heterocycles. The normalized spacial score (nSPS) is 10.4. The van der Waals surface area contributed by atoms with E-state index in [1.165, 1.54) is 11.8 Å². The lowest BCUT2D eigenvalue weighted by Crippen LogP contribution is -2.23. The van der Waals surface area contributed by atoms with Crippen molar-refractivity contribution in [1.82, 2.24) is 10.3 Å². The first-order valence-electron chi connectivity index (χ1n) is 6.82. The number of carbonyl (C=O) groups excluding carboxylic acids is 1. The molecule has 0 unspecified atom stereocenters. The number of pyridine rings is 1. The van der Waals surface area contributed by atoms with Crippen LogP contribution in [0, 0.1) is 6.92 Å². The van der Waals surface area contributed by atoms with Gasteiger partial charge in [0, 0.05) is 17.6 Å². The van der Waals surface area contributed by atoms with Gasteiger partial charge in [-0.05, 0) is 36.4 Å². The molecule has 0 bridgehead atoms. The summed E-state index contributed by atoms with van der Waals surface area (Å²) >= 11 is 7.70. The first-order valence-corrected chi connectivity index (χ1v) is 8.08. The van der Waals surface area contributed by atoms with Crippen LogP contribution in [0.1, 0.15) is 34.1 Å². The Kier molecular flexibility index (Phi) is 5.59. The average Bonchev–Trinajstić information content (AvgIpc) is 2.89. The lowest BCUT2D eigenvalue weighted by Gasteiger charge is -2.09. The molecule has 1 amide bonds. The molecule has 0 aromatic carbocycles. The molecule has 112 valence electrons. The Morgan fingerprint density at radius 3 is 2.95 bits per heavy atom. The number of carbonyl (C=O) groups is 1. The number of rotatable bonds is 6. The molecule has 0 radical (unpaired) electrons. The van der Waals surface area contributed by atoms with Gasteiger partial charge in [0.1, 0.15) is 5.82 Å². The Balaban J connectivity index is 2.05. The summed E-state index contributed by atoms with van der Waals surface area (Å²) in [6.45, 7) is 5.42. The number of hydrogen-bond acceptors (Lipinski definition) is 4. The summed E-state index contributed by atoms with van der Waals surface area (Å²) in [5, 5.41) is 8.42. The standard InChI is InChI=1S/C15H18ClN3OS/c1-3-5-17-14-7-11(12(16)8-18-14)15(20)19-9-13-10(2)4-6-21-13/h4,6-8H,3,5,9H2,1-2H3,(H,17,18)(H,19,20). The highest BCUT2D eigenvalue weighted by molar-refractivity contribution is 7.10. The molecule has 0 spiro atoms. The van der Waals surface area contributed by atoms with Gasteiger partial charge in [0.2, 0.25) is 0 Å². The minimum Gasteiger partial charge on any atom is -0.370 e. The minimum absolute atomic E-state index is 0.185. The molecule has 0 aliphatic heterocycles. The van der Waals surface area contributed by atoms with E-state index in [4.69, 9.17) is 11.6 Å². The van der Waals surface area contributed by atoms with Gasteiger partial charge in [0.15, 0.2) is 0 Å². The second kappa shape index (κ2) is 7.43. The molecule has 0 aliphatic rings. The van der Waals surface area contributed by atoms with E-state index in [1.54, 1.807) is 17.4 Å². The molecule has 0 fully saturated rings. The predicted molar refractivity (Wildman–Crippen MR) is 88.3 cm³/mol. The number of aromatic nitrogens is 1. The fraction of sp³-hybridized carbons (Fsp3) is 0.333. The summed E-state index contributed by atoms with van der Waals surface area (Å²) in [6, 6.07) is 3.73. The van der Waals surface area contributed by atoms with Crippen molar-refractivity contribution in [2.75, 3.05) is 11.9 Å². The van der Waals surface area contributed by atoms with Crippen LogP contribution in [0.15, 0.2) is 23.7 Å². The van der Waals surface area contributed by atoms with E-state index in [9.17, 15) is 4.79 Å². The molecule has 0 saturated carbocycles. The maximum Gasteiger partial charge on any atom is 0.253 e. The Hall–Kier alpha value is -1.59. The average molecular weight is 324 g/mol. The van der Waals surface area contributed by atoms with E-state index in [0.29, 0.717) is 22.9 Å².